The number of amides is 2. The number of aromatic nitrogens is 4. The summed E-state index contributed by atoms with van der Waals surface area (Å²) in [6.45, 7) is 5.87. The van der Waals surface area contributed by atoms with Gasteiger partial charge < -0.3 is 19.9 Å². The number of carbonyl (C=O) groups excluding carboxylic acids is 1. The van der Waals surface area contributed by atoms with Crippen molar-refractivity contribution in [1.82, 2.24) is 30.4 Å². The van der Waals surface area contributed by atoms with Crippen LogP contribution in [0.5, 0.6) is 0 Å². The molecule has 0 radical (unpaired) electrons. The summed E-state index contributed by atoms with van der Waals surface area (Å²) in [5.74, 6) is 0.862. The number of nitrogens with one attached hydrogen (secondary N) is 3. The Kier molecular flexibility index (Phi) is 4.61. The topological polar surface area (TPSA) is 96.9 Å². The summed E-state index contributed by atoms with van der Waals surface area (Å²) in [5.41, 5.74) is 1.93. The molecule has 23 heavy (non-hydrogen) atoms. The van der Waals surface area contributed by atoms with Crippen molar-refractivity contribution < 1.29 is 9.53 Å². The average molecular weight is 318 g/mol. The van der Waals surface area contributed by atoms with E-state index in [0.717, 1.165) is 30.0 Å². The molecule has 1 aliphatic heterocycles. The number of urea groups is 1. The van der Waals surface area contributed by atoms with Gasteiger partial charge in [-0.2, -0.15) is 5.10 Å². The first kappa shape index (κ1) is 15.5. The van der Waals surface area contributed by atoms with Crippen molar-refractivity contribution >= 4 is 6.03 Å². The molecular formula is C15H22N6O2. The molecule has 1 fully saturated rings. The number of hydrogen-bond donors (Lipinski definition) is 3. The van der Waals surface area contributed by atoms with Crippen LogP contribution in [-0.2, 0) is 17.8 Å². The van der Waals surface area contributed by atoms with E-state index in [-0.39, 0.29) is 18.2 Å². The molecule has 2 aromatic heterocycles. The smallest absolute Gasteiger partial charge is 0.315 e. The lowest BCUT2D eigenvalue weighted by Crippen LogP contribution is -2.43. The first-order valence-electron chi connectivity index (χ1n) is 7.85. The van der Waals surface area contributed by atoms with Gasteiger partial charge in [-0.1, -0.05) is 0 Å². The van der Waals surface area contributed by atoms with E-state index in [2.05, 4.69) is 32.7 Å². The fourth-order valence-corrected chi connectivity index (χ4v) is 2.79. The summed E-state index contributed by atoms with van der Waals surface area (Å²) in [4.78, 5) is 16.5. The summed E-state index contributed by atoms with van der Waals surface area (Å²) >= 11 is 0. The molecule has 1 saturated heterocycles. The Hall–Kier alpha value is -2.35. The SMILES string of the molecule is CCn1ccnc1[C@H]1OCC[C@@H]1NC(=O)NCc1cn[nH]c1C. The van der Waals surface area contributed by atoms with E-state index in [1.54, 1.807) is 12.4 Å². The van der Waals surface area contributed by atoms with Crippen LogP contribution >= 0.6 is 0 Å². The molecule has 3 heterocycles. The highest BCUT2D eigenvalue weighted by Gasteiger charge is 2.33. The number of ether oxygens (including phenoxy) is 1. The summed E-state index contributed by atoms with van der Waals surface area (Å²) in [6.07, 6.45) is 5.98. The molecule has 0 aromatic carbocycles. The minimum Gasteiger partial charge on any atom is -0.368 e. The van der Waals surface area contributed by atoms with Crippen molar-refractivity contribution in [2.45, 2.75) is 45.5 Å². The zero-order valence-corrected chi connectivity index (χ0v) is 13.4. The third-order valence-electron chi connectivity index (χ3n) is 4.12. The van der Waals surface area contributed by atoms with E-state index in [0.29, 0.717) is 13.2 Å². The minimum absolute atomic E-state index is 0.0758. The zero-order valence-electron chi connectivity index (χ0n) is 13.4. The lowest BCUT2D eigenvalue weighted by Gasteiger charge is -2.20. The van der Waals surface area contributed by atoms with Crippen LogP contribution < -0.4 is 10.6 Å². The van der Waals surface area contributed by atoms with Gasteiger partial charge in [0.25, 0.3) is 0 Å². The fraction of sp³-hybridized carbons (Fsp3) is 0.533. The van der Waals surface area contributed by atoms with Gasteiger partial charge in [-0.05, 0) is 20.3 Å². The van der Waals surface area contributed by atoms with Crippen molar-refractivity contribution in [2.24, 2.45) is 0 Å². The molecule has 2 amide bonds. The van der Waals surface area contributed by atoms with Gasteiger partial charge in [0.15, 0.2) is 0 Å². The maximum atomic E-state index is 12.1. The molecule has 124 valence electrons. The number of rotatable bonds is 5. The van der Waals surface area contributed by atoms with Gasteiger partial charge in [-0.15, -0.1) is 0 Å². The summed E-state index contributed by atoms with van der Waals surface area (Å²) < 4.78 is 7.82. The highest BCUT2D eigenvalue weighted by Crippen LogP contribution is 2.28. The quantitative estimate of drug-likeness (QED) is 0.773. The molecule has 2 aromatic rings. The Labute approximate surface area is 134 Å². The summed E-state index contributed by atoms with van der Waals surface area (Å²) in [6, 6.07) is -0.283. The van der Waals surface area contributed by atoms with Gasteiger partial charge in [0.2, 0.25) is 0 Å². The predicted octanol–water partition coefficient (Wildman–Crippen LogP) is 1.26. The molecule has 1 aliphatic rings. The Morgan fingerprint density at radius 1 is 1.57 bits per heavy atom. The van der Waals surface area contributed by atoms with Crippen molar-refractivity contribution in [2.75, 3.05) is 6.61 Å². The van der Waals surface area contributed by atoms with E-state index in [9.17, 15) is 4.79 Å². The second kappa shape index (κ2) is 6.82. The molecule has 0 unspecified atom stereocenters. The van der Waals surface area contributed by atoms with E-state index < -0.39 is 0 Å². The predicted molar refractivity (Wildman–Crippen MR) is 83.7 cm³/mol. The van der Waals surface area contributed by atoms with Crippen LogP contribution in [0.25, 0.3) is 0 Å². The van der Waals surface area contributed by atoms with Crippen LogP contribution in [0.15, 0.2) is 18.6 Å². The lowest BCUT2D eigenvalue weighted by atomic mass is 10.1. The van der Waals surface area contributed by atoms with Crippen molar-refractivity contribution in [3.8, 4) is 0 Å². The first-order chi connectivity index (χ1) is 11.2. The number of nitrogens with zero attached hydrogens (tertiary/aromatic N) is 3. The highest BCUT2D eigenvalue weighted by molar-refractivity contribution is 5.74. The maximum Gasteiger partial charge on any atom is 0.315 e. The normalized spacial score (nSPS) is 20.6. The van der Waals surface area contributed by atoms with Crippen LogP contribution in [0.4, 0.5) is 4.79 Å². The Balaban J connectivity index is 1.58. The molecule has 2 atom stereocenters. The van der Waals surface area contributed by atoms with Crippen LogP contribution in [-0.4, -0.2) is 38.4 Å². The number of aromatic amines is 1. The highest BCUT2D eigenvalue weighted by atomic mass is 16.5. The monoisotopic (exact) mass is 318 g/mol. The molecule has 8 heteroatoms. The summed E-state index contributed by atoms with van der Waals surface area (Å²) in [5, 5.41) is 12.6. The zero-order chi connectivity index (χ0) is 16.2. The van der Waals surface area contributed by atoms with Gasteiger partial charge in [-0.3, -0.25) is 5.10 Å². The maximum absolute atomic E-state index is 12.1. The molecule has 8 nitrogen and oxygen atoms in total. The van der Waals surface area contributed by atoms with Gasteiger partial charge in [-0.25, -0.2) is 9.78 Å². The molecular weight excluding hydrogens is 296 g/mol. The van der Waals surface area contributed by atoms with E-state index in [4.69, 9.17) is 4.74 Å². The van der Waals surface area contributed by atoms with Crippen LogP contribution in [0.2, 0.25) is 0 Å². The third kappa shape index (κ3) is 3.37. The Morgan fingerprint density at radius 2 is 2.43 bits per heavy atom. The molecule has 0 aliphatic carbocycles. The number of aryl methyl sites for hydroxylation is 2. The van der Waals surface area contributed by atoms with E-state index in [1.165, 1.54) is 0 Å². The number of H-pyrrole nitrogens is 1. The average Bonchev–Trinajstić information content (AvgIpc) is 3.25. The Morgan fingerprint density at radius 3 is 3.17 bits per heavy atom. The van der Waals surface area contributed by atoms with Crippen LogP contribution in [0.3, 0.4) is 0 Å². The first-order valence-corrected chi connectivity index (χ1v) is 7.85. The van der Waals surface area contributed by atoms with Crippen molar-refractivity contribution in [3.05, 3.63) is 35.7 Å². The third-order valence-corrected chi connectivity index (χ3v) is 4.12. The molecule has 3 N–H and O–H groups in total. The standard InChI is InChI=1S/C15H22N6O2/c1-3-21-6-5-16-14(21)13-12(4-7-23-13)19-15(22)17-8-11-9-18-20-10(11)2/h5-6,9,12-13H,3-4,7-8H2,1-2H3,(H,18,20)(H2,17,19,22)/t12-,13-/m0/s1. The van der Waals surface area contributed by atoms with E-state index >= 15 is 0 Å². The number of hydrogen-bond acceptors (Lipinski definition) is 4. The van der Waals surface area contributed by atoms with Gasteiger partial charge in [0.1, 0.15) is 11.9 Å². The molecule has 3 rings (SSSR count). The van der Waals surface area contributed by atoms with E-state index in [1.807, 2.05) is 17.7 Å². The fourth-order valence-electron chi connectivity index (χ4n) is 2.79. The largest absolute Gasteiger partial charge is 0.368 e. The lowest BCUT2D eigenvalue weighted by molar-refractivity contribution is 0.0901. The second-order valence-electron chi connectivity index (χ2n) is 5.61. The van der Waals surface area contributed by atoms with Gasteiger partial charge in [0, 0.05) is 43.3 Å². The van der Waals surface area contributed by atoms with Crippen LogP contribution in [0.1, 0.15) is 36.5 Å². The van der Waals surface area contributed by atoms with Crippen molar-refractivity contribution in [1.29, 1.82) is 0 Å². The molecule has 0 saturated carbocycles. The Bertz CT molecular complexity index is 664. The van der Waals surface area contributed by atoms with Gasteiger partial charge >= 0.3 is 6.03 Å². The van der Waals surface area contributed by atoms with Crippen LogP contribution in [0, 0.1) is 6.92 Å². The molecule has 0 spiro atoms. The minimum atomic E-state index is -0.208. The second-order valence-corrected chi connectivity index (χ2v) is 5.61. The number of imidazole rings is 1. The molecule has 0 bridgehead atoms. The van der Waals surface area contributed by atoms with Crippen molar-refractivity contribution in [3.63, 3.8) is 0 Å². The van der Waals surface area contributed by atoms with Gasteiger partial charge in [0.05, 0.1) is 12.2 Å². The number of carbonyl (C=O) groups is 1. The summed E-state index contributed by atoms with van der Waals surface area (Å²) in [7, 11) is 0.